The number of hydrogen-bond donors (Lipinski definition) is 1. The SMILES string of the molecule is CC1CCC(NC2CCCC(C)(C)C2)C1C. The number of hydrogen-bond acceptors (Lipinski definition) is 1. The molecule has 0 aromatic heterocycles. The van der Waals surface area contributed by atoms with Crippen molar-refractivity contribution < 1.29 is 0 Å². The van der Waals surface area contributed by atoms with Gasteiger partial charge in [-0.15, -0.1) is 0 Å². The fourth-order valence-electron chi connectivity index (χ4n) is 3.74. The van der Waals surface area contributed by atoms with Crippen molar-refractivity contribution in [1.82, 2.24) is 5.32 Å². The third kappa shape index (κ3) is 2.80. The zero-order valence-corrected chi connectivity index (χ0v) is 11.6. The average Bonchev–Trinajstić information content (AvgIpc) is 2.48. The van der Waals surface area contributed by atoms with Crippen LogP contribution in [0, 0.1) is 17.3 Å². The Balaban J connectivity index is 1.85. The standard InChI is InChI=1S/C15H29N/c1-11-7-8-14(12(11)2)16-13-6-5-9-15(3,4)10-13/h11-14,16H,5-10H2,1-4H3. The second-order valence-electron chi connectivity index (χ2n) is 7.14. The molecule has 0 bridgehead atoms. The van der Waals surface area contributed by atoms with E-state index < -0.39 is 0 Å². The van der Waals surface area contributed by atoms with E-state index in [2.05, 4.69) is 33.0 Å². The van der Waals surface area contributed by atoms with E-state index in [4.69, 9.17) is 0 Å². The summed E-state index contributed by atoms with van der Waals surface area (Å²) in [5, 5.41) is 3.95. The lowest BCUT2D eigenvalue weighted by Crippen LogP contribution is -2.44. The smallest absolute Gasteiger partial charge is 0.00979 e. The lowest BCUT2D eigenvalue weighted by Gasteiger charge is -2.38. The van der Waals surface area contributed by atoms with Crippen LogP contribution in [-0.4, -0.2) is 12.1 Å². The molecule has 0 aromatic carbocycles. The van der Waals surface area contributed by atoms with Gasteiger partial charge in [0, 0.05) is 12.1 Å². The van der Waals surface area contributed by atoms with Crippen molar-refractivity contribution in [3.05, 3.63) is 0 Å². The third-order valence-corrected chi connectivity index (χ3v) is 5.12. The minimum Gasteiger partial charge on any atom is -0.311 e. The maximum absolute atomic E-state index is 3.95. The van der Waals surface area contributed by atoms with E-state index in [1.54, 1.807) is 0 Å². The Morgan fingerprint density at radius 3 is 2.38 bits per heavy atom. The van der Waals surface area contributed by atoms with Gasteiger partial charge in [0.1, 0.15) is 0 Å². The molecule has 0 radical (unpaired) electrons. The van der Waals surface area contributed by atoms with Crippen molar-refractivity contribution in [3.63, 3.8) is 0 Å². The summed E-state index contributed by atoms with van der Waals surface area (Å²) in [7, 11) is 0. The van der Waals surface area contributed by atoms with Gasteiger partial charge in [0.05, 0.1) is 0 Å². The topological polar surface area (TPSA) is 12.0 Å². The molecule has 94 valence electrons. The summed E-state index contributed by atoms with van der Waals surface area (Å²) in [5.74, 6) is 1.80. The van der Waals surface area contributed by atoms with E-state index in [0.29, 0.717) is 5.41 Å². The normalized spacial score (nSPS) is 43.5. The summed E-state index contributed by atoms with van der Waals surface area (Å²) in [5.41, 5.74) is 0.573. The summed E-state index contributed by atoms with van der Waals surface area (Å²) < 4.78 is 0. The minimum absolute atomic E-state index is 0.573. The van der Waals surface area contributed by atoms with Crippen LogP contribution in [0.3, 0.4) is 0 Å². The summed E-state index contributed by atoms with van der Waals surface area (Å²) in [6.07, 6.45) is 8.45. The molecule has 2 aliphatic rings. The van der Waals surface area contributed by atoms with E-state index in [0.717, 1.165) is 23.9 Å². The molecule has 0 saturated heterocycles. The van der Waals surface area contributed by atoms with Crippen molar-refractivity contribution in [2.45, 2.75) is 78.3 Å². The average molecular weight is 223 g/mol. The van der Waals surface area contributed by atoms with E-state index in [9.17, 15) is 0 Å². The van der Waals surface area contributed by atoms with Crippen LogP contribution in [0.15, 0.2) is 0 Å². The van der Waals surface area contributed by atoms with E-state index in [-0.39, 0.29) is 0 Å². The lowest BCUT2D eigenvalue weighted by atomic mass is 9.75. The van der Waals surface area contributed by atoms with Crippen LogP contribution in [-0.2, 0) is 0 Å². The molecule has 2 aliphatic carbocycles. The summed E-state index contributed by atoms with van der Waals surface area (Å²) >= 11 is 0. The zero-order chi connectivity index (χ0) is 11.8. The second-order valence-corrected chi connectivity index (χ2v) is 7.14. The Labute approximate surface area is 101 Å². The van der Waals surface area contributed by atoms with Gasteiger partial charge in [0.15, 0.2) is 0 Å². The van der Waals surface area contributed by atoms with Crippen molar-refractivity contribution in [2.75, 3.05) is 0 Å². The van der Waals surface area contributed by atoms with Gasteiger partial charge < -0.3 is 5.32 Å². The molecule has 1 N–H and O–H groups in total. The van der Waals surface area contributed by atoms with Crippen molar-refractivity contribution in [1.29, 1.82) is 0 Å². The molecule has 1 heteroatoms. The van der Waals surface area contributed by atoms with Gasteiger partial charge in [-0.2, -0.15) is 0 Å². The van der Waals surface area contributed by atoms with Crippen LogP contribution in [0.25, 0.3) is 0 Å². The Hall–Kier alpha value is -0.0400. The predicted octanol–water partition coefficient (Wildman–Crippen LogP) is 3.98. The monoisotopic (exact) mass is 223 g/mol. The molecule has 1 nitrogen and oxygen atoms in total. The lowest BCUT2D eigenvalue weighted by molar-refractivity contribution is 0.180. The largest absolute Gasteiger partial charge is 0.311 e. The molecule has 4 atom stereocenters. The summed E-state index contributed by atoms with van der Waals surface area (Å²) in [6, 6.07) is 1.59. The molecule has 16 heavy (non-hydrogen) atoms. The molecular formula is C15H29N. The summed E-state index contributed by atoms with van der Waals surface area (Å²) in [4.78, 5) is 0. The van der Waals surface area contributed by atoms with E-state index >= 15 is 0 Å². The van der Waals surface area contributed by atoms with Gasteiger partial charge >= 0.3 is 0 Å². The van der Waals surface area contributed by atoms with Gasteiger partial charge in [-0.25, -0.2) is 0 Å². The fraction of sp³-hybridized carbons (Fsp3) is 1.00. The molecule has 0 aromatic rings. The van der Waals surface area contributed by atoms with Gasteiger partial charge in [0.25, 0.3) is 0 Å². The Bertz CT molecular complexity index is 234. The van der Waals surface area contributed by atoms with Crippen LogP contribution in [0.4, 0.5) is 0 Å². The predicted molar refractivity (Wildman–Crippen MR) is 70.5 cm³/mol. The Morgan fingerprint density at radius 1 is 1.06 bits per heavy atom. The maximum atomic E-state index is 3.95. The quantitative estimate of drug-likeness (QED) is 0.746. The van der Waals surface area contributed by atoms with E-state index in [1.807, 2.05) is 0 Å². The molecule has 0 spiro atoms. The number of rotatable bonds is 2. The molecule has 2 saturated carbocycles. The van der Waals surface area contributed by atoms with Gasteiger partial charge in [0.2, 0.25) is 0 Å². The first kappa shape index (κ1) is 12.4. The van der Waals surface area contributed by atoms with E-state index in [1.165, 1.54) is 38.5 Å². The van der Waals surface area contributed by atoms with Crippen molar-refractivity contribution in [3.8, 4) is 0 Å². The number of nitrogens with one attached hydrogen (secondary N) is 1. The first-order valence-corrected chi connectivity index (χ1v) is 7.24. The third-order valence-electron chi connectivity index (χ3n) is 5.12. The Kier molecular flexibility index (Phi) is 3.63. The zero-order valence-electron chi connectivity index (χ0n) is 11.6. The molecular weight excluding hydrogens is 194 g/mol. The van der Waals surface area contributed by atoms with Gasteiger partial charge in [-0.05, 0) is 49.4 Å². The molecule has 0 aliphatic heterocycles. The highest BCUT2D eigenvalue weighted by atomic mass is 15.0. The Morgan fingerprint density at radius 2 is 1.81 bits per heavy atom. The molecule has 0 amide bonds. The van der Waals surface area contributed by atoms with Crippen molar-refractivity contribution in [2.24, 2.45) is 17.3 Å². The van der Waals surface area contributed by atoms with Crippen LogP contribution >= 0.6 is 0 Å². The molecule has 4 unspecified atom stereocenters. The molecule has 0 heterocycles. The fourth-order valence-corrected chi connectivity index (χ4v) is 3.74. The highest BCUT2D eigenvalue weighted by Gasteiger charge is 2.34. The van der Waals surface area contributed by atoms with Crippen molar-refractivity contribution >= 4 is 0 Å². The first-order chi connectivity index (χ1) is 7.48. The van der Waals surface area contributed by atoms with Crippen LogP contribution in [0.5, 0.6) is 0 Å². The highest BCUT2D eigenvalue weighted by molar-refractivity contribution is 4.90. The van der Waals surface area contributed by atoms with Gasteiger partial charge in [-0.1, -0.05) is 34.1 Å². The van der Waals surface area contributed by atoms with Gasteiger partial charge in [-0.3, -0.25) is 0 Å². The molecule has 2 rings (SSSR count). The van der Waals surface area contributed by atoms with Crippen LogP contribution < -0.4 is 5.32 Å². The maximum Gasteiger partial charge on any atom is 0.00979 e. The van der Waals surface area contributed by atoms with Crippen LogP contribution in [0.1, 0.15) is 66.2 Å². The summed E-state index contributed by atoms with van der Waals surface area (Å²) in [6.45, 7) is 9.71. The van der Waals surface area contributed by atoms with Crippen LogP contribution in [0.2, 0.25) is 0 Å². The first-order valence-electron chi connectivity index (χ1n) is 7.24. The highest BCUT2D eigenvalue weighted by Crippen LogP contribution is 2.37. The minimum atomic E-state index is 0.573. The molecule has 2 fully saturated rings. The second kappa shape index (κ2) is 4.68.